The van der Waals surface area contributed by atoms with E-state index in [4.69, 9.17) is 0 Å². The van der Waals surface area contributed by atoms with E-state index in [-0.39, 0.29) is 23.9 Å². The molecule has 5 heteroatoms. The first-order chi connectivity index (χ1) is 14.5. The van der Waals surface area contributed by atoms with E-state index in [0.717, 1.165) is 36.3 Å². The Bertz CT molecular complexity index is 758. The van der Waals surface area contributed by atoms with Crippen molar-refractivity contribution >= 4 is 17.6 Å². The zero-order chi connectivity index (χ0) is 20.7. The Hall–Kier alpha value is -2.04. The van der Waals surface area contributed by atoms with Crippen LogP contribution in [0.2, 0.25) is 0 Å². The van der Waals surface area contributed by atoms with Crippen molar-refractivity contribution < 1.29 is 9.59 Å². The third kappa shape index (κ3) is 3.83. The molecule has 4 bridgehead atoms. The van der Waals surface area contributed by atoms with Crippen LogP contribution in [0.3, 0.4) is 0 Å². The topological polar surface area (TPSA) is 61.4 Å². The minimum absolute atomic E-state index is 0.100. The fourth-order valence-electron chi connectivity index (χ4n) is 7.29. The number of amides is 3. The monoisotopic (exact) mass is 409 g/mol. The lowest BCUT2D eigenvalue weighted by Crippen LogP contribution is -2.57. The van der Waals surface area contributed by atoms with Crippen molar-refractivity contribution in [1.82, 2.24) is 10.2 Å². The van der Waals surface area contributed by atoms with Gasteiger partial charge in [-0.05, 0) is 93.6 Å². The minimum Gasteiger partial charge on any atom is -0.353 e. The highest BCUT2D eigenvalue weighted by Gasteiger charge is 2.53. The van der Waals surface area contributed by atoms with Crippen LogP contribution < -0.4 is 10.6 Å². The summed E-state index contributed by atoms with van der Waals surface area (Å²) in [5.41, 5.74) is 1.12. The smallest absolute Gasteiger partial charge is 0.321 e. The summed E-state index contributed by atoms with van der Waals surface area (Å²) in [7, 11) is 0. The van der Waals surface area contributed by atoms with Gasteiger partial charge in [0.1, 0.15) is 0 Å². The van der Waals surface area contributed by atoms with E-state index >= 15 is 0 Å². The molecule has 1 heterocycles. The highest BCUT2D eigenvalue weighted by molar-refractivity contribution is 5.90. The average molecular weight is 410 g/mol. The van der Waals surface area contributed by atoms with E-state index in [0.29, 0.717) is 18.5 Å². The van der Waals surface area contributed by atoms with Gasteiger partial charge < -0.3 is 15.5 Å². The molecule has 162 valence electrons. The van der Waals surface area contributed by atoms with Crippen LogP contribution in [0.25, 0.3) is 0 Å². The number of para-hydroxylation sites is 1. The summed E-state index contributed by atoms with van der Waals surface area (Å²) in [6.45, 7) is 3.47. The molecule has 5 aliphatic rings. The lowest BCUT2D eigenvalue weighted by molar-refractivity contribution is -0.131. The number of hydrogen-bond donors (Lipinski definition) is 2. The van der Waals surface area contributed by atoms with E-state index in [1.807, 2.05) is 30.3 Å². The number of hydrogen-bond acceptors (Lipinski definition) is 2. The molecule has 1 aromatic carbocycles. The molecule has 0 spiro atoms. The van der Waals surface area contributed by atoms with Crippen LogP contribution in [0.4, 0.5) is 10.5 Å². The number of benzene rings is 1. The zero-order valence-electron chi connectivity index (χ0n) is 18.1. The third-order valence-electron chi connectivity index (χ3n) is 8.47. The number of piperidine rings is 1. The second-order valence-corrected chi connectivity index (χ2v) is 10.6. The van der Waals surface area contributed by atoms with E-state index in [1.165, 1.54) is 38.5 Å². The molecule has 6 rings (SSSR count). The molecule has 1 saturated heterocycles. The summed E-state index contributed by atoms with van der Waals surface area (Å²) in [4.78, 5) is 27.6. The van der Waals surface area contributed by atoms with Crippen LogP contribution in [0.1, 0.15) is 58.3 Å². The predicted molar refractivity (Wildman–Crippen MR) is 118 cm³/mol. The minimum atomic E-state index is -0.104. The fraction of sp³-hybridized carbons (Fsp3) is 0.680. The standard InChI is InChI=1S/C25H35N3O2/c1-17(25-13-18-10-19(14-25)12-20(11-18)15-25)26-23(29)21-6-5-9-28(16-21)24(30)27-22-7-3-2-4-8-22/h2-4,7-8,17-21H,5-6,9-16H2,1H3,(H,26,29)(H,27,30)/t17-,18?,19?,20?,21-,25?/m1/s1. The molecule has 4 saturated carbocycles. The van der Waals surface area contributed by atoms with E-state index in [9.17, 15) is 9.59 Å². The second kappa shape index (κ2) is 7.90. The molecule has 30 heavy (non-hydrogen) atoms. The zero-order valence-corrected chi connectivity index (χ0v) is 18.1. The van der Waals surface area contributed by atoms with Crippen molar-refractivity contribution in [2.24, 2.45) is 29.1 Å². The molecule has 4 aliphatic carbocycles. The molecule has 2 atom stereocenters. The molecule has 0 aromatic heterocycles. The largest absolute Gasteiger partial charge is 0.353 e. The highest BCUT2D eigenvalue weighted by Crippen LogP contribution is 2.61. The molecule has 0 unspecified atom stereocenters. The van der Waals surface area contributed by atoms with E-state index in [1.54, 1.807) is 4.90 Å². The Morgan fingerprint density at radius 1 is 1.03 bits per heavy atom. The maximum absolute atomic E-state index is 13.2. The summed E-state index contributed by atoms with van der Waals surface area (Å²) in [5.74, 6) is 2.72. The first kappa shape index (κ1) is 19.9. The van der Waals surface area contributed by atoms with E-state index in [2.05, 4.69) is 17.6 Å². The first-order valence-corrected chi connectivity index (χ1v) is 11.9. The molecule has 2 N–H and O–H groups in total. The quantitative estimate of drug-likeness (QED) is 0.760. The van der Waals surface area contributed by atoms with Gasteiger partial charge in [0.05, 0.1) is 5.92 Å². The van der Waals surface area contributed by atoms with Gasteiger partial charge in [0.15, 0.2) is 0 Å². The van der Waals surface area contributed by atoms with Crippen molar-refractivity contribution in [2.75, 3.05) is 18.4 Å². The first-order valence-electron chi connectivity index (χ1n) is 11.9. The van der Waals surface area contributed by atoms with Gasteiger partial charge in [0.25, 0.3) is 0 Å². The third-order valence-corrected chi connectivity index (χ3v) is 8.47. The van der Waals surface area contributed by atoms with Crippen LogP contribution in [0, 0.1) is 29.1 Å². The molecule has 5 fully saturated rings. The number of anilines is 1. The number of urea groups is 1. The Kier molecular flexibility index (Phi) is 5.24. The number of nitrogens with one attached hydrogen (secondary N) is 2. The van der Waals surface area contributed by atoms with Crippen LogP contribution in [0.15, 0.2) is 30.3 Å². The summed E-state index contributed by atoms with van der Waals surface area (Å²) in [6, 6.07) is 9.67. The van der Waals surface area contributed by atoms with Crippen LogP contribution >= 0.6 is 0 Å². The van der Waals surface area contributed by atoms with Crippen molar-refractivity contribution in [2.45, 2.75) is 64.3 Å². The van der Waals surface area contributed by atoms with Gasteiger partial charge in [0.2, 0.25) is 5.91 Å². The summed E-state index contributed by atoms with van der Waals surface area (Å²) in [6.07, 6.45) is 9.93. The van der Waals surface area contributed by atoms with Gasteiger partial charge in [-0.3, -0.25) is 4.79 Å². The van der Waals surface area contributed by atoms with E-state index < -0.39 is 0 Å². The average Bonchev–Trinajstić information content (AvgIpc) is 2.73. The van der Waals surface area contributed by atoms with Crippen molar-refractivity contribution in [3.05, 3.63) is 30.3 Å². The number of carbonyl (C=O) groups excluding carboxylic acids is 2. The molecule has 1 aliphatic heterocycles. The Morgan fingerprint density at radius 2 is 1.67 bits per heavy atom. The van der Waals surface area contributed by atoms with Crippen LogP contribution in [-0.2, 0) is 4.79 Å². The number of carbonyl (C=O) groups is 2. The highest BCUT2D eigenvalue weighted by atomic mass is 16.2. The van der Waals surface area contributed by atoms with Crippen LogP contribution in [0.5, 0.6) is 0 Å². The summed E-state index contributed by atoms with van der Waals surface area (Å²) < 4.78 is 0. The lowest BCUT2D eigenvalue weighted by atomic mass is 9.48. The van der Waals surface area contributed by atoms with Gasteiger partial charge in [0, 0.05) is 24.8 Å². The Balaban J connectivity index is 1.18. The van der Waals surface area contributed by atoms with Crippen molar-refractivity contribution in [3.8, 4) is 0 Å². The molecule has 5 nitrogen and oxygen atoms in total. The van der Waals surface area contributed by atoms with Gasteiger partial charge in [-0.15, -0.1) is 0 Å². The summed E-state index contributed by atoms with van der Waals surface area (Å²) >= 11 is 0. The normalized spacial score (nSPS) is 35.7. The lowest BCUT2D eigenvalue weighted by Gasteiger charge is -2.59. The molecular formula is C25H35N3O2. The van der Waals surface area contributed by atoms with Gasteiger partial charge in [-0.1, -0.05) is 18.2 Å². The number of nitrogens with zero attached hydrogens (tertiary/aromatic N) is 1. The second-order valence-electron chi connectivity index (χ2n) is 10.6. The molecular weight excluding hydrogens is 374 g/mol. The Morgan fingerprint density at radius 3 is 2.30 bits per heavy atom. The maximum atomic E-state index is 13.2. The number of rotatable bonds is 4. The van der Waals surface area contributed by atoms with Crippen LogP contribution in [-0.4, -0.2) is 36.0 Å². The van der Waals surface area contributed by atoms with Gasteiger partial charge in [-0.25, -0.2) is 4.79 Å². The SMILES string of the molecule is C[C@@H](NC(=O)[C@@H]1CCCN(C(=O)Nc2ccccc2)C1)C12CC3CC(CC(C3)C1)C2. The molecule has 3 amide bonds. The molecule has 0 radical (unpaired) electrons. The van der Waals surface area contributed by atoms with Crippen molar-refractivity contribution in [1.29, 1.82) is 0 Å². The van der Waals surface area contributed by atoms with Crippen molar-refractivity contribution in [3.63, 3.8) is 0 Å². The predicted octanol–water partition coefficient (Wildman–Crippen LogP) is 4.65. The summed E-state index contributed by atoms with van der Waals surface area (Å²) in [5, 5.41) is 6.37. The van der Waals surface area contributed by atoms with Gasteiger partial charge in [-0.2, -0.15) is 0 Å². The fourth-order valence-corrected chi connectivity index (χ4v) is 7.29. The van der Waals surface area contributed by atoms with Gasteiger partial charge >= 0.3 is 6.03 Å². The molecule has 1 aromatic rings. The maximum Gasteiger partial charge on any atom is 0.321 e. The Labute approximate surface area is 180 Å². The number of likely N-dealkylation sites (tertiary alicyclic amines) is 1.